The van der Waals surface area contributed by atoms with E-state index >= 15 is 0 Å². The summed E-state index contributed by atoms with van der Waals surface area (Å²) < 4.78 is 1.92. The Labute approximate surface area is 163 Å². The van der Waals surface area contributed by atoms with Gasteiger partial charge in [0.15, 0.2) is 11.6 Å². The van der Waals surface area contributed by atoms with Gasteiger partial charge in [-0.15, -0.1) is 10.2 Å². The first-order valence-electron chi connectivity index (χ1n) is 8.94. The third kappa shape index (κ3) is 3.95. The molecule has 0 spiro atoms. The molecule has 1 aromatic carbocycles. The SMILES string of the molecule is O=C(Cc1ccccc1Cl)N1CCN(c2ccc(-n3cccc3)nn2)CC1. The second-order valence-corrected chi connectivity index (χ2v) is 6.88. The number of hydrogen-bond acceptors (Lipinski definition) is 4. The molecule has 1 amide bonds. The van der Waals surface area contributed by atoms with Crippen LogP contribution in [0.15, 0.2) is 60.9 Å². The fourth-order valence-corrected chi connectivity index (χ4v) is 3.42. The second-order valence-electron chi connectivity index (χ2n) is 6.48. The molecule has 1 aliphatic rings. The van der Waals surface area contributed by atoms with E-state index in [2.05, 4.69) is 15.1 Å². The third-order valence-electron chi connectivity index (χ3n) is 4.76. The van der Waals surface area contributed by atoms with Gasteiger partial charge in [0, 0.05) is 43.6 Å². The van der Waals surface area contributed by atoms with E-state index in [1.807, 2.05) is 70.4 Å². The number of benzene rings is 1. The number of aromatic nitrogens is 3. The van der Waals surface area contributed by atoms with Crippen LogP contribution in [0.3, 0.4) is 0 Å². The lowest BCUT2D eigenvalue weighted by Gasteiger charge is -2.35. The van der Waals surface area contributed by atoms with Gasteiger partial charge < -0.3 is 14.4 Å². The predicted octanol–water partition coefficient (Wildman–Crippen LogP) is 2.81. The van der Waals surface area contributed by atoms with Crippen molar-refractivity contribution in [3.63, 3.8) is 0 Å². The van der Waals surface area contributed by atoms with Gasteiger partial charge in [0.2, 0.25) is 5.91 Å². The summed E-state index contributed by atoms with van der Waals surface area (Å²) in [5.74, 6) is 1.73. The number of carbonyl (C=O) groups excluding carboxylic acids is 1. The fraction of sp³-hybridized carbons (Fsp3) is 0.250. The summed E-state index contributed by atoms with van der Waals surface area (Å²) >= 11 is 6.16. The number of amides is 1. The smallest absolute Gasteiger partial charge is 0.227 e. The van der Waals surface area contributed by atoms with E-state index in [1.165, 1.54) is 0 Å². The van der Waals surface area contributed by atoms with Crippen LogP contribution in [0.2, 0.25) is 5.02 Å². The number of carbonyl (C=O) groups is 1. The third-order valence-corrected chi connectivity index (χ3v) is 5.13. The minimum absolute atomic E-state index is 0.108. The first-order valence-corrected chi connectivity index (χ1v) is 9.32. The molecule has 0 N–H and O–H groups in total. The molecule has 4 rings (SSSR count). The summed E-state index contributed by atoms with van der Waals surface area (Å²) in [5.41, 5.74) is 0.873. The highest BCUT2D eigenvalue weighted by Crippen LogP contribution is 2.18. The van der Waals surface area contributed by atoms with Gasteiger partial charge in [0.1, 0.15) is 0 Å². The van der Waals surface area contributed by atoms with Gasteiger partial charge in [0.05, 0.1) is 6.42 Å². The van der Waals surface area contributed by atoms with Crippen molar-refractivity contribution in [2.75, 3.05) is 31.1 Å². The molecule has 27 heavy (non-hydrogen) atoms. The van der Waals surface area contributed by atoms with E-state index in [4.69, 9.17) is 11.6 Å². The van der Waals surface area contributed by atoms with Crippen molar-refractivity contribution in [3.05, 3.63) is 71.5 Å². The molecule has 0 aliphatic carbocycles. The van der Waals surface area contributed by atoms with Crippen LogP contribution >= 0.6 is 11.6 Å². The minimum Gasteiger partial charge on any atom is -0.352 e. The number of rotatable bonds is 4. The molecule has 0 unspecified atom stereocenters. The van der Waals surface area contributed by atoms with Gasteiger partial charge in [-0.05, 0) is 35.9 Å². The van der Waals surface area contributed by atoms with Gasteiger partial charge >= 0.3 is 0 Å². The molecule has 3 heterocycles. The lowest BCUT2D eigenvalue weighted by atomic mass is 10.1. The van der Waals surface area contributed by atoms with Gasteiger partial charge in [-0.25, -0.2) is 0 Å². The van der Waals surface area contributed by atoms with E-state index in [9.17, 15) is 4.79 Å². The summed E-state index contributed by atoms with van der Waals surface area (Å²) in [4.78, 5) is 16.6. The van der Waals surface area contributed by atoms with Crippen LogP contribution in [-0.2, 0) is 11.2 Å². The highest BCUT2D eigenvalue weighted by molar-refractivity contribution is 6.31. The molecule has 1 fully saturated rings. The molecule has 1 saturated heterocycles. The predicted molar refractivity (Wildman–Crippen MR) is 105 cm³/mol. The molecule has 7 heteroatoms. The average Bonchev–Trinajstić information content (AvgIpc) is 3.25. The normalized spacial score (nSPS) is 14.4. The van der Waals surface area contributed by atoms with Crippen molar-refractivity contribution in [1.82, 2.24) is 19.7 Å². The number of hydrogen-bond donors (Lipinski definition) is 0. The van der Waals surface area contributed by atoms with E-state index < -0.39 is 0 Å². The van der Waals surface area contributed by atoms with Crippen molar-refractivity contribution >= 4 is 23.3 Å². The highest BCUT2D eigenvalue weighted by Gasteiger charge is 2.22. The van der Waals surface area contributed by atoms with Gasteiger partial charge in [-0.1, -0.05) is 29.8 Å². The van der Waals surface area contributed by atoms with Crippen LogP contribution in [0.4, 0.5) is 5.82 Å². The first kappa shape index (κ1) is 17.5. The topological polar surface area (TPSA) is 54.3 Å². The van der Waals surface area contributed by atoms with Crippen molar-refractivity contribution in [3.8, 4) is 5.82 Å². The number of halogens is 1. The molecule has 6 nitrogen and oxygen atoms in total. The summed E-state index contributed by atoms with van der Waals surface area (Å²) in [6, 6.07) is 15.3. The quantitative estimate of drug-likeness (QED) is 0.697. The Balaban J connectivity index is 1.34. The summed E-state index contributed by atoms with van der Waals surface area (Å²) in [6.45, 7) is 2.83. The van der Waals surface area contributed by atoms with Crippen molar-refractivity contribution in [2.45, 2.75) is 6.42 Å². The molecule has 0 bridgehead atoms. The van der Waals surface area contributed by atoms with Crippen molar-refractivity contribution in [1.29, 1.82) is 0 Å². The molecule has 0 atom stereocenters. The summed E-state index contributed by atoms with van der Waals surface area (Å²) in [7, 11) is 0. The van der Waals surface area contributed by atoms with Crippen LogP contribution in [0.1, 0.15) is 5.56 Å². The zero-order chi connectivity index (χ0) is 18.6. The average molecular weight is 382 g/mol. The monoisotopic (exact) mass is 381 g/mol. The van der Waals surface area contributed by atoms with Crippen LogP contribution in [-0.4, -0.2) is 51.8 Å². The first-order chi connectivity index (χ1) is 13.2. The Hall–Kier alpha value is -2.86. The fourth-order valence-electron chi connectivity index (χ4n) is 3.21. The zero-order valence-corrected chi connectivity index (χ0v) is 15.6. The minimum atomic E-state index is 0.108. The van der Waals surface area contributed by atoms with E-state index in [1.54, 1.807) is 0 Å². The Morgan fingerprint density at radius 2 is 1.56 bits per heavy atom. The number of anilines is 1. The molecule has 0 radical (unpaired) electrons. The van der Waals surface area contributed by atoms with Crippen LogP contribution < -0.4 is 4.90 Å². The van der Waals surface area contributed by atoms with Gasteiger partial charge in [0.25, 0.3) is 0 Å². The molecule has 0 saturated carbocycles. The highest BCUT2D eigenvalue weighted by atomic mass is 35.5. The number of nitrogens with zero attached hydrogens (tertiary/aromatic N) is 5. The maximum absolute atomic E-state index is 12.6. The molecular formula is C20H20ClN5O. The summed E-state index contributed by atoms with van der Waals surface area (Å²) in [5, 5.41) is 9.28. The van der Waals surface area contributed by atoms with E-state index in [0.29, 0.717) is 24.5 Å². The molecular weight excluding hydrogens is 362 g/mol. The maximum Gasteiger partial charge on any atom is 0.227 e. The Bertz CT molecular complexity index is 902. The molecule has 2 aromatic heterocycles. The van der Waals surface area contributed by atoms with E-state index in [-0.39, 0.29) is 5.91 Å². The van der Waals surface area contributed by atoms with Crippen molar-refractivity contribution in [2.24, 2.45) is 0 Å². The Morgan fingerprint density at radius 1 is 0.889 bits per heavy atom. The molecule has 138 valence electrons. The van der Waals surface area contributed by atoms with Gasteiger partial charge in [-0.2, -0.15) is 0 Å². The molecule has 1 aliphatic heterocycles. The maximum atomic E-state index is 12.6. The van der Waals surface area contributed by atoms with Gasteiger partial charge in [-0.3, -0.25) is 4.79 Å². The zero-order valence-electron chi connectivity index (χ0n) is 14.8. The van der Waals surface area contributed by atoms with E-state index in [0.717, 1.165) is 30.3 Å². The second kappa shape index (κ2) is 7.80. The lowest BCUT2D eigenvalue weighted by molar-refractivity contribution is -0.130. The summed E-state index contributed by atoms with van der Waals surface area (Å²) in [6.07, 6.45) is 4.21. The van der Waals surface area contributed by atoms with Crippen LogP contribution in [0.25, 0.3) is 5.82 Å². The Kier molecular flexibility index (Phi) is 5.07. The Morgan fingerprint density at radius 3 is 2.22 bits per heavy atom. The number of piperazine rings is 1. The largest absolute Gasteiger partial charge is 0.352 e. The van der Waals surface area contributed by atoms with Crippen molar-refractivity contribution < 1.29 is 4.79 Å². The molecule has 3 aromatic rings. The van der Waals surface area contributed by atoms with Crippen LogP contribution in [0, 0.1) is 0 Å². The lowest BCUT2D eigenvalue weighted by Crippen LogP contribution is -2.49. The van der Waals surface area contributed by atoms with Crippen LogP contribution in [0.5, 0.6) is 0 Å². The standard InChI is InChI=1S/C20H20ClN5O/c21-17-6-2-1-5-16(17)15-20(27)26-13-11-25(12-14-26)19-8-7-18(22-23-19)24-9-3-4-10-24/h1-10H,11-15H2.